The summed E-state index contributed by atoms with van der Waals surface area (Å²) < 4.78 is 15.4. The summed E-state index contributed by atoms with van der Waals surface area (Å²) in [4.78, 5) is 18.1. The van der Waals surface area contributed by atoms with Gasteiger partial charge in [0.2, 0.25) is 0 Å². The zero-order valence-corrected chi connectivity index (χ0v) is 24.3. The van der Waals surface area contributed by atoms with Gasteiger partial charge in [-0.2, -0.15) is 0 Å². The normalized spacial score (nSPS) is 19.6. The van der Waals surface area contributed by atoms with Gasteiger partial charge in [0.1, 0.15) is 11.6 Å². The number of rotatable bonds is 10. The number of anilines is 1. The first kappa shape index (κ1) is 27.5. The molecular weight excluding hydrogens is 488 g/mol. The molecule has 2 aliphatic rings. The van der Waals surface area contributed by atoms with Crippen molar-refractivity contribution in [2.75, 3.05) is 52.3 Å². The topological polar surface area (TPSA) is 51.9 Å². The highest BCUT2D eigenvalue weighted by molar-refractivity contribution is 5.80. The van der Waals surface area contributed by atoms with E-state index in [4.69, 9.17) is 9.47 Å². The molecule has 1 aliphatic carbocycles. The van der Waals surface area contributed by atoms with Crippen molar-refractivity contribution in [2.45, 2.75) is 57.6 Å². The van der Waals surface area contributed by atoms with Crippen molar-refractivity contribution in [3.8, 4) is 28.1 Å². The van der Waals surface area contributed by atoms with Crippen LogP contribution in [0.2, 0.25) is 0 Å². The van der Waals surface area contributed by atoms with E-state index in [1.807, 2.05) is 30.6 Å². The third-order valence-corrected chi connectivity index (χ3v) is 8.47. The lowest BCUT2D eigenvalue weighted by Gasteiger charge is -2.35. The Hall–Kier alpha value is -3.03. The van der Waals surface area contributed by atoms with E-state index in [1.165, 1.54) is 32.4 Å². The van der Waals surface area contributed by atoms with Crippen LogP contribution in [0, 0.1) is 6.92 Å². The molecule has 0 radical (unpaired) electrons. The van der Waals surface area contributed by atoms with Crippen LogP contribution in [-0.4, -0.2) is 67.6 Å². The first-order valence-electron chi connectivity index (χ1n) is 14.4. The minimum absolute atomic E-state index is 0.0276. The van der Waals surface area contributed by atoms with Crippen molar-refractivity contribution in [2.24, 2.45) is 7.05 Å². The Balaban J connectivity index is 1.36. The van der Waals surface area contributed by atoms with Crippen LogP contribution in [-0.2, 0) is 11.8 Å². The highest BCUT2D eigenvalue weighted by atomic mass is 16.5. The van der Waals surface area contributed by atoms with Crippen LogP contribution >= 0.6 is 0 Å². The summed E-state index contributed by atoms with van der Waals surface area (Å²) in [5.41, 5.74) is 5.52. The van der Waals surface area contributed by atoms with Gasteiger partial charge < -0.3 is 19.3 Å². The number of hydrogen-bond donors (Lipinski definition) is 0. The van der Waals surface area contributed by atoms with Gasteiger partial charge in [-0.1, -0.05) is 30.7 Å². The van der Waals surface area contributed by atoms with Crippen LogP contribution in [0.4, 0.5) is 5.82 Å². The molecule has 2 heterocycles. The molecule has 0 spiro atoms. The standard InChI is InChI=1S/C32H44N4O3/c1-23-10-11-25(24-12-14-27(15-13-24)39-19-9-18-35-16-7-6-8-17-35)20-29(23)30-31(33(2)3)34(4)32(37)36(30)26-21-28(22-26)38-5/h10-15,20,26,28H,6-9,16-19,21-22H2,1-5H3. The van der Waals surface area contributed by atoms with E-state index in [-0.39, 0.29) is 17.8 Å². The summed E-state index contributed by atoms with van der Waals surface area (Å²) in [5, 5.41) is 0. The molecule has 7 nitrogen and oxygen atoms in total. The Kier molecular flexibility index (Phi) is 8.48. The van der Waals surface area contributed by atoms with E-state index in [0.29, 0.717) is 0 Å². The summed E-state index contributed by atoms with van der Waals surface area (Å²) in [7, 11) is 7.63. The fraction of sp³-hybridized carbons (Fsp3) is 0.531. The lowest BCUT2D eigenvalue weighted by Crippen LogP contribution is -2.38. The molecule has 39 heavy (non-hydrogen) atoms. The summed E-state index contributed by atoms with van der Waals surface area (Å²) in [6, 6.07) is 15.1. The highest BCUT2D eigenvalue weighted by Gasteiger charge is 2.36. The zero-order chi connectivity index (χ0) is 27.5. The average Bonchev–Trinajstić information content (AvgIpc) is 3.17. The van der Waals surface area contributed by atoms with Crippen molar-refractivity contribution in [3.63, 3.8) is 0 Å². The molecule has 0 amide bonds. The molecule has 5 rings (SSSR count). The smallest absolute Gasteiger partial charge is 0.330 e. The van der Waals surface area contributed by atoms with E-state index in [2.05, 4.69) is 54.3 Å². The maximum atomic E-state index is 13.5. The largest absolute Gasteiger partial charge is 0.494 e. The molecule has 1 aromatic heterocycles. The van der Waals surface area contributed by atoms with E-state index < -0.39 is 0 Å². The van der Waals surface area contributed by atoms with Crippen molar-refractivity contribution in [1.29, 1.82) is 0 Å². The number of hydrogen-bond acceptors (Lipinski definition) is 5. The van der Waals surface area contributed by atoms with E-state index >= 15 is 0 Å². The molecule has 3 aromatic rings. The van der Waals surface area contributed by atoms with Gasteiger partial charge in [0, 0.05) is 46.4 Å². The monoisotopic (exact) mass is 532 g/mol. The van der Waals surface area contributed by atoms with Gasteiger partial charge in [-0.05, 0) is 87.0 Å². The average molecular weight is 533 g/mol. The predicted octanol–water partition coefficient (Wildman–Crippen LogP) is 5.50. The number of aromatic nitrogens is 2. The lowest BCUT2D eigenvalue weighted by atomic mass is 9.88. The number of aryl methyl sites for hydroxylation is 1. The van der Waals surface area contributed by atoms with Gasteiger partial charge in [-0.15, -0.1) is 0 Å². The molecule has 0 N–H and O–H groups in total. The van der Waals surface area contributed by atoms with Crippen LogP contribution in [0.5, 0.6) is 5.75 Å². The summed E-state index contributed by atoms with van der Waals surface area (Å²) >= 11 is 0. The Morgan fingerprint density at radius 1 is 0.974 bits per heavy atom. The van der Waals surface area contributed by atoms with Gasteiger partial charge >= 0.3 is 5.69 Å². The third-order valence-electron chi connectivity index (χ3n) is 8.47. The number of benzene rings is 2. The number of piperidine rings is 1. The van der Waals surface area contributed by atoms with E-state index in [0.717, 1.165) is 71.9 Å². The molecule has 0 unspecified atom stereocenters. The van der Waals surface area contributed by atoms with Crippen LogP contribution in [0.25, 0.3) is 22.4 Å². The number of ether oxygens (including phenoxy) is 2. The van der Waals surface area contributed by atoms with Gasteiger partial charge in [0.25, 0.3) is 0 Å². The Labute approximate surface area is 232 Å². The summed E-state index contributed by atoms with van der Waals surface area (Å²) in [5.74, 6) is 1.84. The van der Waals surface area contributed by atoms with E-state index in [9.17, 15) is 4.79 Å². The number of likely N-dealkylation sites (tertiary alicyclic amines) is 1. The number of imidazole rings is 1. The molecule has 2 aromatic carbocycles. The second-order valence-electron chi connectivity index (χ2n) is 11.4. The van der Waals surface area contributed by atoms with Crippen LogP contribution in [0.15, 0.2) is 47.3 Å². The van der Waals surface area contributed by atoms with Gasteiger partial charge in [-0.3, -0.25) is 9.13 Å². The second-order valence-corrected chi connectivity index (χ2v) is 11.4. The van der Waals surface area contributed by atoms with Crippen LogP contribution < -0.4 is 15.3 Å². The Morgan fingerprint density at radius 2 is 1.67 bits per heavy atom. The SMILES string of the molecule is COC1CC(n2c(-c3cc(-c4ccc(OCCCN5CCCCC5)cc4)ccc3C)c(N(C)C)n(C)c2=O)C1. The minimum atomic E-state index is 0.0276. The highest BCUT2D eigenvalue weighted by Crippen LogP contribution is 2.41. The zero-order valence-electron chi connectivity index (χ0n) is 24.3. The maximum Gasteiger partial charge on any atom is 0.330 e. The van der Waals surface area contributed by atoms with Crippen LogP contribution in [0.1, 0.15) is 50.1 Å². The van der Waals surface area contributed by atoms with Crippen molar-refractivity contribution in [3.05, 3.63) is 58.5 Å². The predicted molar refractivity (Wildman–Crippen MR) is 159 cm³/mol. The minimum Gasteiger partial charge on any atom is -0.494 e. The first-order chi connectivity index (χ1) is 18.9. The Bertz CT molecular complexity index is 1310. The third kappa shape index (κ3) is 5.80. The second kappa shape index (κ2) is 12.0. The van der Waals surface area contributed by atoms with Gasteiger partial charge in [-0.25, -0.2) is 4.79 Å². The Morgan fingerprint density at radius 3 is 2.33 bits per heavy atom. The van der Waals surface area contributed by atoms with Gasteiger partial charge in [0.05, 0.1) is 18.4 Å². The molecule has 2 fully saturated rings. The molecule has 0 bridgehead atoms. The molecule has 1 aliphatic heterocycles. The molecular formula is C32H44N4O3. The van der Waals surface area contributed by atoms with Crippen molar-refractivity contribution in [1.82, 2.24) is 14.0 Å². The number of methoxy groups -OCH3 is 1. The van der Waals surface area contributed by atoms with Gasteiger partial charge in [0.15, 0.2) is 0 Å². The molecule has 1 saturated carbocycles. The molecule has 7 heteroatoms. The summed E-state index contributed by atoms with van der Waals surface area (Å²) in [6.07, 6.45) is 7.03. The van der Waals surface area contributed by atoms with Crippen LogP contribution in [0.3, 0.4) is 0 Å². The first-order valence-corrected chi connectivity index (χ1v) is 14.4. The summed E-state index contributed by atoms with van der Waals surface area (Å²) in [6.45, 7) is 6.46. The molecule has 0 atom stereocenters. The molecule has 1 saturated heterocycles. The quantitative estimate of drug-likeness (QED) is 0.323. The lowest BCUT2D eigenvalue weighted by molar-refractivity contribution is 0.00558. The maximum absolute atomic E-state index is 13.5. The molecule has 210 valence electrons. The fourth-order valence-electron chi connectivity index (χ4n) is 6.12. The van der Waals surface area contributed by atoms with E-state index in [1.54, 1.807) is 11.7 Å². The van der Waals surface area contributed by atoms with Crippen molar-refractivity contribution >= 4 is 5.82 Å². The fourth-order valence-corrected chi connectivity index (χ4v) is 6.12. The number of nitrogens with zero attached hydrogens (tertiary/aromatic N) is 4. The van der Waals surface area contributed by atoms with Crippen molar-refractivity contribution < 1.29 is 9.47 Å².